The highest BCUT2D eigenvalue weighted by Gasteiger charge is 2.21. The number of carbonyl (C=O) groups is 1. The van der Waals surface area contributed by atoms with E-state index in [-0.39, 0.29) is 5.91 Å². The molecule has 31 heavy (non-hydrogen) atoms. The second-order valence-corrected chi connectivity index (χ2v) is 8.11. The average Bonchev–Trinajstić information content (AvgIpc) is 3.54. The summed E-state index contributed by atoms with van der Waals surface area (Å²) in [5, 5.41) is 3.88. The fourth-order valence-electron chi connectivity index (χ4n) is 3.91. The molecule has 1 amide bonds. The van der Waals surface area contributed by atoms with Crippen LogP contribution in [0.15, 0.2) is 73.7 Å². The summed E-state index contributed by atoms with van der Waals surface area (Å²) >= 11 is 0. The number of fused-ring (bicyclic) bond motifs is 1. The highest BCUT2D eigenvalue weighted by Crippen LogP contribution is 2.34. The number of anilines is 1. The van der Waals surface area contributed by atoms with E-state index in [4.69, 9.17) is 0 Å². The van der Waals surface area contributed by atoms with Crippen LogP contribution in [-0.4, -0.2) is 20.9 Å². The SMILES string of the molecule is C=CC(=O)Nc1cccc(-c2cnc3[nH]cc(-c4ccnc(CCC5CC5)c4)c3c2)c1. The lowest BCUT2D eigenvalue weighted by molar-refractivity contribution is -0.111. The van der Waals surface area contributed by atoms with E-state index in [1.807, 2.05) is 42.9 Å². The van der Waals surface area contributed by atoms with Crippen molar-refractivity contribution < 1.29 is 4.79 Å². The first-order valence-electron chi connectivity index (χ1n) is 10.7. The topological polar surface area (TPSA) is 70.7 Å². The summed E-state index contributed by atoms with van der Waals surface area (Å²) in [5.74, 6) is 0.672. The van der Waals surface area contributed by atoms with Crippen LogP contribution in [0.5, 0.6) is 0 Å². The first-order chi connectivity index (χ1) is 15.2. The average molecular weight is 409 g/mol. The molecule has 0 unspecified atom stereocenters. The third kappa shape index (κ3) is 4.26. The van der Waals surface area contributed by atoms with Crippen molar-refractivity contribution in [1.82, 2.24) is 15.0 Å². The Labute approximate surface area is 181 Å². The van der Waals surface area contributed by atoms with E-state index in [1.54, 1.807) is 0 Å². The van der Waals surface area contributed by atoms with E-state index in [2.05, 4.69) is 45.0 Å². The van der Waals surface area contributed by atoms with Gasteiger partial charge in [0.2, 0.25) is 5.91 Å². The summed E-state index contributed by atoms with van der Waals surface area (Å²) in [6.07, 6.45) is 12.0. The smallest absolute Gasteiger partial charge is 0.247 e. The number of aromatic nitrogens is 3. The van der Waals surface area contributed by atoms with Gasteiger partial charge in [-0.15, -0.1) is 0 Å². The lowest BCUT2D eigenvalue weighted by Crippen LogP contribution is -2.06. The minimum Gasteiger partial charge on any atom is -0.346 e. The molecular formula is C26H24N4O. The van der Waals surface area contributed by atoms with Crippen LogP contribution in [-0.2, 0) is 11.2 Å². The number of aryl methyl sites for hydroxylation is 1. The van der Waals surface area contributed by atoms with Crippen LogP contribution in [0.3, 0.4) is 0 Å². The second kappa shape index (κ2) is 8.19. The van der Waals surface area contributed by atoms with Crippen LogP contribution in [0.1, 0.15) is 25.0 Å². The van der Waals surface area contributed by atoms with E-state index in [0.717, 1.165) is 57.0 Å². The lowest BCUT2D eigenvalue weighted by Gasteiger charge is -2.07. The van der Waals surface area contributed by atoms with Gasteiger partial charge in [-0.3, -0.25) is 9.78 Å². The molecule has 5 heteroatoms. The van der Waals surface area contributed by atoms with E-state index < -0.39 is 0 Å². The Bertz CT molecular complexity index is 1270. The number of amides is 1. The van der Waals surface area contributed by atoms with Crippen LogP contribution < -0.4 is 5.32 Å². The van der Waals surface area contributed by atoms with E-state index >= 15 is 0 Å². The van der Waals surface area contributed by atoms with Crippen LogP contribution in [0.4, 0.5) is 5.69 Å². The summed E-state index contributed by atoms with van der Waals surface area (Å²) in [7, 11) is 0. The molecule has 0 saturated heterocycles. The summed E-state index contributed by atoms with van der Waals surface area (Å²) in [4.78, 5) is 24.1. The Morgan fingerprint density at radius 1 is 1.13 bits per heavy atom. The van der Waals surface area contributed by atoms with Gasteiger partial charge in [0.25, 0.3) is 0 Å². The molecule has 4 aromatic rings. The maximum absolute atomic E-state index is 11.6. The number of benzene rings is 1. The highest BCUT2D eigenvalue weighted by molar-refractivity contribution is 5.99. The summed E-state index contributed by atoms with van der Waals surface area (Å²) in [6.45, 7) is 3.50. The van der Waals surface area contributed by atoms with Gasteiger partial charge in [0, 0.05) is 46.5 Å². The minimum atomic E-state index is -0.228. The monoisotopic (exact) mass is 408 g/mol. The molecule has 1 fully saturated rings. The minimum absolute atomic E-state index is 0.228. The molecule has 0 radical (unpaired) electrons. The summed E-state index contributed by atoms with van der Waals surface area (Å²) in [5.41, 5.74) is 6.98. The normalized spacial score (nSPS) is 13.3. The first kappa shape index (κ1) is 19.2. The van der Waals surface area contributed by atoms with Crippen molar-refractivity contribution in [2.75, 3.05) is 5.32 Å². The molecule has 3 heterocycles. The quantitative estimate of drug-likeness (QED) is 0.382. The van der Waals surface area contributed by atoms with Gasteiger partial charge >= 0.3 is 0 Å². The van der Waals surface area contributed by atoms with Gasteiger partial charge in [0.05, 0.1) is 0 Å². The van der Waals surface area contributed by atoms with E-state index in [9.17, 15) is 4.79 Å². The van der Waals surface area contributed by atoms with Crippen molar-refractivity contribution in [2.24, 2.45) is 5.92 Å². The van der Waals surface area contributed by atoms with Crippen LogP contribution >= 0.6 is 0 Å². The number of aromatic amines is 1. The van der Waals surface area contributed by atoms with Gasteiger partial charge in [-0.2, -0.15) is 0 Å². The maximum atomic E-state index is 11.6. The molecule has 0 aliphatic heterocycles. The number of carbonyl (C=O) groups excluding carboxylic acids is 1. The molecule has 5 nitrogen and oxygen atoms in total. The number of H-pyrrole nitrogens is 1. The molecule has 1 aromatic carbocycles. The molecule has 0 spiro atoms. The molecule has 3 aromatic heterocycles. The zero-order valence-corrected chi connectivity index (χ0v) is 17.3. The first-order valence-corrected chi connectivity index (χ1v) is 10.7. The van der Waals surface area contributed by atoms with Crippen molar-refractivity contribution in [3.8, 4) is 22.3 Å². The van der Waals surface area contributed by atoms with Crippen LogP contribution in [0, 0.1) is 5.92 Å². The molecule has 2 N–H and O–H groups in total. The van der Waals surface area contributed by atoms with Crippen molar-refractivity contribution >= 4 is 22.6 Å². The van der Waals surface area contributed by atoms with Crippen molar-refractivity contribution in [3.63, 3.8) is 0 Å². The number of nitrogens with one attached hydrogen (secondary N) is 2. The Morgan fingerprint density at radius 2 is 2.03 bits per heavy atom. The van der Waals surface area contributed by atoms with Gasteiger partial charge < -0.3 is 10.3 Å². The third-order valence-corrected chi connectivity index (χ3v) is 5.81. The van der Waals surface area contributed by atoms with E-state index in [0.29, 0.717) is 0 Å². The van der Waals surface area contributed by atoms with Gasteiger partial charge in [-0.1, -0.05) is 31.6 Å². The van der Waals surface area contributed by atoms with Crippen molar-refractivity contribution in [3.05, 3.63) is 79.4 Å². The molecule has 0 bridgehead atoms. The highest BCUT2D eigenvalue weighted by atomic mass is 16.1. The number of nitrogens with zero attached hydrogens (tertiary/aromatic N) is 2. The predicted molar refractivity (Wildman–Crippen MR) is 125 cm³/mol. The molecule has 1 aliphatic rings. The Kier molecular flexibility index (Phi) is 5.08. The number of hydrogen-bond donors (Lipinski definition) is 2. The van der Waals surface area contributed by atoms with Crippen LogP contribution in [0.2, 0.25) is 0 Å². The molecule has 1 aliphatic carbocycles. The predicted octanol–water partition coefficient (Wildman–Crippen LogP) is 5.76. The number of rotatable bonds is 7. The lowest BCUT2D eigenvalue weighted by atomic mass is 10.0. The number of hydrogen-bond acceptors (Lipinski definition) is 3. The van der Waals surface area contributed by atoms with Crippen molar-refractivity contribution in [2.45, 2.75) is 25.7 Å². The van der Waals surface area contributed by atoms with Gasteiger partial charge in [0.15, 0.2) is 0 Å². The Morgan fingerprint density at radius 3 is 2.87 bits per heavy atom. The van der Waals surface area contributed by atoms with Gasteiger partial charge in [0.1, 0.15) is 5.65 Å². The summed E-state index contributed by atoms with van der Waals surface area (Å²) < 4.78 is 0. The van der Waals surface area contributed by atoms with Gasteiger partial charge in [-0.25, -0.2) is 4.98 Å². The van der Waals surface area contributed by atoms with E-state index in [1.165, 1.54) is 25.3 Å². The Balaban J connectivity index is 1.48. The van der Waals surface area contributed by atoms with Gasteiger partial charge in [-0.05, 0) is 66.3 Å². The zero-order chi connectivity index (χ0) is 21.2. The zero-order valence-electron chi connectivity index (χ0n) is 17.3. The largest absolute Gasteiger partial charge is 0.346 e. The summed E-state index contributed by atoms with van der Waals surface area (Å²) in [6, 6.07) is 14.1. The third-order valence-electron chi connectivity index (χ3n) is 5.81. The maximum Gasteiger partial charge on any atom is 0.247 e. The molecule has 154 valence electrons. The fourth-order valence-corrected chi connectivity index (χ4v) is 3.91. The molecular weight excluding hydrogens is 384 g/mol. The number of pyridine rings is 2. The second-order valence-electron chi connectivity index (χ2n) is 8.11. The molecule has 0 atom stereocenters. The Hall–Kier alpha value is -3.73. The molecule has 5 rings (SSSR count). The molecule has 1 saturated carbocycles. The fraction of sp³-hybridized carbons (Fsp3) is 0.192. The van der Waals surface area contributed by atoms with Crippen molar-refractivity contribution in [1.29, 1.82) is 0 Å². The van der Waals surface area contributed by atoms with Crippen LogP contribution in [0.25, 0.3) is 33.3 Å². The standard InChI is InChI=1S/C26H24N4O/c1-2-25(31)30-22-5-3-4-18(12-22)20-14-23-24(16-29-26(23)28-15-20)19-10-11-27-21(13-19)9-8-17-6-7-17/h2-5,10-17H,1,6-9H2,(H,28,29)(H,30,31).